The topological polar surface area (TPSA) is 50.8 Å². The Labute approximate surface area is 148 Å². The van der Waals surface area contributed by atoms with Gasteiger partial charge in [0.05, 0.1) is 13.2 Å². The quantitative estimate of drug-likeness (QED) is 0.817. The fraction of sp³-hybridized carbons (Fsp3) is 0.611. The molecule has 5 nitrogen and oxygen atoms in total. The number of hydrogen-bond donors (Lipinski definition) is 1. The van der Waals surface area contributed by atoms with Crippen molar-refractivity contribution < 1.29 is 14.3 Å². The number of nitrogens with one attached hydrogen (secondary N) is 1. The summed E-state index contributed by atoms with van der Waals surface area (Å²) in [7, 11) is 0. The molecule has 2 amide bonds. The largest absolute Gasteiger partial charge is 0.494 e. The first-order valence-electron chi connectivity index (χ1n) is 8.77. The highest BCUT2D eigenvalue weighted by Crippen LogP contribution is 2.41. The smallest absolute Gasteiger partial charge is 0.321 e. The number of thioether (sulfide) groups is 1. The summed E-state index contributed by atoms with van der Waals surface area (Å²) in [5, 5.41) is 2.97. The van der Waals surface area contributed by atoms with Crippen LogP contribution in [0.25, 0.3) is 0 Å². The molecular formula is C18H26N2O3S. The van der Waals surface area contributed by atoms with Gasteiger partial charge in [-0.15, -0.1) is 11.8 Å². The van der Waals surface area contributed by atoms with E-state index in [9.17, 15) is 4.79 Å². The summed E-state index contributed by atoms with van der Waals surface area (Å²) in [5.41, 5.74) is 0.801. The molecular weight excluding hydrogens is 324 g/mol. The van der Waals surface area contributed by atoms with Crippen LogP contribution in [0.2, 0.25) is 0 Å². The van der Waals surface area contributed by atoms with E-state index in [0.717, 1.165) is 69.2 Å². The minimum Gasteiger partial charge on any atom is -0.494 e. The third-order valence-electron chi connectivity index (χ3n) is 4.50. The van der Waals surface area contributed by atoms with E-state index in [-0.39, 0.29) is 11.0 Å². The molecule has 3 rings (SSSR count). The molecule has 1 spiro atoms. The van der Waals surface area contributed by atoms with Gasteiger partial charge in [-0.05, 0) is 30.7 Å². The predicted octanol–water partition coefficient (Wildman–Crippen LogP) is 3.95. The standard InChI is InChI=1S/C18H26N2O3S/c1-2-3-12-22-16-6-4-15(5-7-16)19-17(21)20-10-8-18(9-11-20)23-13-14-24-18/h4-7H,2-3,8-14H2,1H3,(H,19,21). The second-order valence-corrected chi connectivity index (χ2v) is 7.69. The summed E-state index contributed by atoms with van der Waals surface area (Å²) in [6.07, 6.45) is 4.00. The molecule has 2 aliphatic heterocycles. The van der Waals surface area contributed by atoms with E-state index >= 15 is 0 Å². The van der Waals surface area contributed by atoms with Gasteiger partial charge >= 0.3 is 6.03 Å². The van der Waals surface area contributed by atoms with Crippen LogP contribution in [-0.4, -0.2) is 47.9 Å². The Hall–Kier alpha value is -1.40. The average Bonchev–Trinajstić information content (AvgIpc) is 3.05. The number of rotatable bonds is 5. The van der Waals surface area contributed by atoms with Gasteiger partial charge in [-0.1, -0.05) is 13.3 Å². The average molecular weight is 350 g/mol. The maximum absolute atomic E-state index is 12.4. The van der Waals surface area contributed by atoms with E-state index in [4.69, 9.17) is 9.47 Å². The Morgan fingerprint density at radius 3 is 2.71 bits per heavy atom. The van der Waals surface area contributed by atoms with Crippen molar-refractivity contribution in [3.63, 3.8) is 0 Å². The molecule has 2 saturated heterocycles. The number of piperidine rings is 1. The number of benzene rings is 1. The highest BCUT2D eigenvalue weighted by Gasteiger charge is 2.40. The van der Waals surface area contributed by atoms with Crippen LogP contribution >= 0.6 is 11.8 Å². The number of ether oxygens (including phenoxy) is 2. The zero-order valence-corrected chi connectivity index (χ0v) is 15.1. The first-order valence-corrected chi connectivity index (χ1v) is 9.76. The molecule has 0 unspecified atom stereocenters. The lowest BCUT2D eigenvalue weighted by atomic mass is 10.1. The lowest BCUT2D eigenvalue weighted by Crippen LogP contribution is -2.46. The fourth-order valence-electron chi connectivity index (χ4n) is 3.01. The molecule has 2 fully saturated rings. The number of anilines is 1. The predicted molar refractivity (Wildman–Crippen MR) is 97.8 cm³/mol. The molecule has 0 aliphatic carbocycles. The molecule has 0 saturated carbocycles. The summed E-state index contributed by atoms with van der Waals surface area (Å²) >= 11 is 1.90. The summed E-state index contributed by atoms with van der Waals surface area (Å²) in [4.78, 5) is 14.2. The highest BCUT2D eigenvalue weighted by molar-refractivity contribution is 8.00. The van der Waals surface area contributed by atoms with Gasteiger partial charge in [-0.3, -0.25) is 0 Å². The van der Waals surface area contributed by atoms with Crippen molar-refractivity contribution in [2.75, 3.05) is 37.4 Å². The minimum absolute atomic E-state index is 0.0335. The second-order valence-electron chi connectivity index (χ2n) is 6.25. The number of nitrogens with zero attached hydrogens (tertiary/aromatic N) is 1. The van der Waals surface area contributed by atoms with Crippen molar-refractivity contribution in [1.82, 2.24) is 4.90 Å². The number of urea groups is 1. The van der Waals surface area contributed by atoms with Crippen LogP contribution in [0, 0.1) is 0 Å². The molecule has 2 aliphatic rings. The molecule has 0 aromatic heterocycles. The Kier molecular flexibility index (Phi) is 5.89. The Morgan fingerprint density at radius 1 is 1.33 bits per heavy atom. The van der Waals surface area contributed by atoms with Crippen molar-refractivity contribution in [2.24, 2.45) is 0 Å². The van der Waals surface area contributed by atoms with Crippen molar-refractivity contribution in [1.29, 1.82) is 0 Å². The molecule has 0 atom stereocenters. The lowest BCUT2D eigenvalue weighted by molar-refractivity contribution is 0.0105. The summed E-state index contributed by atoms with van der Waals surface area (Å²) in [5.74, 6) is 1.91. The Balaban J connectivity index is 1.46. The molecule has 24 heavy (non-hydrogen) atoms. The fourth-order valence-corrected chi connectivity index (χ4v) is 4.18. The Bertz CT molecular complexity index is 534. The summed E-state index contributed by atoms with van der Waals surface area (Å²) in [6, 6.07) is 7.55. The van der Waals surface area contributed by atoms with E-state index in [2.05, 4.69) is 12.2 Å². The van der Waals surface area contributed by atoms with E-state index in [0.29, 0.717) is 0 Å². The van der Waals surface area contributed by atoms with Gasteiger partial charge in [-0.25, -0.2) is 4.79 Å². The molecule has 1 aromatic rings. The number of likely N-dealkylation sites (tertiary alicyclic amines) is 1. The first-order chi connectivity index (χ1) is 11.7. The lowest BCUT2D eigenvalue weighted by Gasteiger charge is -2.37. The van der Waals surface area contributed by atoms with E-state index < -0.39 is 0 Å². The molecule has 1 aromatic carbocycles. The van der Waals surface area contributed by atoms with Crippen molar-refractivity contribution in [3.05, 3.63) is 24.3 Å². The third-order valence-corrected chi connectivity index (χ3v) is 5.92. The van der Waals surface area contributed by atoms with Crippen LogP contribution in [0.4, 0.5) is 10.5 Å². The van der Waals surface area contributed by atoms with Gasteiger partial charge in [0.25, 0.3) is 0 Å². The molecule has 6 heteroatoms. The number of carbonyl (C=O) groups excluding carboxylic acids is 1. The molecule has 1 N–H and O–H groups in total. The van der Waals surface area contributed by atoms with E-state index in [1.165, 1.54) is 0 Å². The zero-order valence-electron chi connectivity index (χ0n) is 14.3. The van der Waals surface area contributed by atoms with Gasteiger partial charge < -0.3 is 19.7 Å². The van der Waals surface area contributed by atoms with Gasteiger partial charge in [0.2, 0.25) is 0 Å². The van der Waals surface area contributed by atoms with Crippen LogP contribution in [0.15, 0.2) is 24.3 Å². The number of unbranched alkanes of at least 4 members (excludes halogenated alkanes) is 1. The van der Waals surface area contributed by atoms with E-state index in [1.54, 1.807) is 0 Å². The number of hydrogen-bond acceptors (Lipinski definition) is 4. The number of amides is 2. The van der Waals surface area contributed by atoms with Crippen LogP contribution in [0.1, 0.15) is 32.6 Å². The minimum atomic E-state index is -0.0347. The van der Waals surface area contributed by atoms with Crippen LogP contribution in [0.3, 0.4) is 0 Å². The van der Waals surface area contributed by atoms with E-state index in [1.807, 2.05) is 40.9 Å². The summed E-state index contributed by atoms with van der Waals surface area (Å²) in [6.45, 7) is 5.21. The van der Waals surface area contributed by atoms with Gasteiger partial charge in [0, 0.05) is 37.4 Å². The second kappa shape index (κ2) is 8.12. The SMILES string of the molecule is CCCCOc1ccc(NC(=O)N2CCC3(CC2)OCCS3)cc1. The van der Waals surface area contributed by atoms with Crippen LogP contribution < -0.4 is 10.1 Å². The normalized spacial score (nSPS) is 19.5. The molecule has 2 heterocycles. The molecule has 132 valence electrons. The zero-order chi connectivity index (χ0) is 16.8. The highest BCUT2D eigenvalue weighted by atomic mass is 32.2. The Morgan fingerprint density at radius 2 is 2.08 bits per heavy atom. The monoisotopic (exact) mass is 350 g/mol. The maximum atomic E-state index is 12.4. The third kappa shape index (κ3) is 4.36. The van der Waals surface area contributed by atoms with Gasteiger partial charge in [0.1, 0.15) is 10.7 Å². The first kappa shape index (κ1) is 17.4. The van der Waals surface area contributed by atoms with Crippen LogP contribution in [-0.2, 0) is 4.74 Å². The number of carbonyl (C=O) groups is 1. The van der Waals surface area contributed by atoms with Crippen molar-refractivity contribution in [3.8, 4) is 5.75 Å². The molecule has 0 bridgehead atoms. The maximum Gasteiger partial charge on any atom is 0.321 e. The van der Waals surface area contributed by atoms with Crippen LogP contribution in [0.5, 0.6) is 5.75 Å². The van der Waals surface area contributed by atoms with Gasteiger partial charge in [0.15, 0.2) is 0 Å². The van der Waals surface area contributed by atoms with Crippen molar-refractivity contribution >= 4 is 23.5 Å². The summed E-state index contributed by atoms with van der Waals surface area (Å²) < 4.78 is 11.5. The van der Waals surface area contributed by atoms with Crippen molar-refractivity contribution in [2.45, 2.75) is 37.5 Å². The van der Waals surface area contributed by atoms with Gasteiger partial charge in [-0.2, -0.15) is 0 Å². The molecule has 0 radical (unpaired) electrons.